The van der Waals surface area contributed by atoms with Crippen molar-refractivity contribution in [3.8, 4) is 0 Å². The topological polar surface area (TPSA) is 77.2 Å². The van der Waals surface area contributed by atoms with E-state index in [4.69, 9.17) is 10.5 Å². The molecule has 3 N–H and O–H groups in total. The van der Waals surface area contributed by atoms with Crippen molar-refractivity contribution in [1.82, 2.24) is 4.98 Å². The van der Waals surface area contributed by atoms with E-state index in [1.807, 2.05) is 0 Å². The number of rotatable bonds is 5. The van der Waals surface area contributed by atoms with E-state index in [1.165, 1.54) is 23.5 Å². The summed E-state index contributed by atoms with van der Waals surface area (Å²) in [5.41, 5.74) is 5.85. The minimum absolute atomic E-state index is 0.146. The Morgan fingerprint density at radius 1 is 1.32 bits per heavy atom. The molecule has 1 aliphatic rings. The van der Waals surface area contributed by atoms with Gasteiger partial charge in [-0.2, -0.15) is 0 Å². The van der Waals surface area contributed by atoms with E-state index in [0.29, 0.717) is 43.2 Å². The Hall–Kier alpha value is -1.90. The van der Waals surface area contributed by atoms with E-state index < -0.39 is 17.0 Å². The number of halogens is 2. The van der Waals surface area contributed by atoms with Gasteiger partial charge in [0, 0.05) is 37.3 Å². The molecule has 0 unspecified atom stereocenters. The highest BCUT2D eigenvalue weighted by molar-refractivity contribution is 7.15. The molecule has 0 radical (unpaired) electrons. The molecule has 1 aromatic heterocycles. The lowest BCUT2D eigenvalue weighted by molar-refractivity contribution is -0.130. The van der Waals surface area contributed by atoms with Gasteiger partial charge in [0.15, 0.2) is 16.8 Å². The molecular weight excluding hydrogens is 348 g/mol. The number of carbonyl (C=O) groups excluding carboxylic acids is 1. The van der Waals surface area contributed by atoms with Crippen molar-refractivity contribution in [3.63, 3.8) is 0 Å². The van der Waals surface area contributed by atoms with Gasteiger partial charge in [0.1, 0.15) is 0 Å². The van der Waals surface area contributed by atoms with E-state index in [2.05, 4.69) is 10.3 Å². The van der Waals surface area contributed by atoms with Crippen LogP contribution in [0, 0.1) is 17.0 Å². The number of hydrogen-bond acceptors (Lipinski definition) is 5. The minimum atomic E-state index is -0.875. The molecule has 0 spiro atoms. The molecule has 5 nitrogen and oxygen atoms in total. The summed E-state index contributed by atoms with van der Waals surface area (Å²) in [6, 6.07) is 3.80. The van der Waals surface area contributed by atoms with Crippen molar-refractivity contribution in [2.75, 3.05) is 25.1 Å². The van der Waals surface area contributed by atoms with Crippen molar-refractivity contribution in [2.24, 2.45) is 11.1 Å². The lowest BCUT2D eigenvalue weighted by atomic mass is 9.79. The standard InChI is InChI=1S/C17H19F2N3O2S/c18-13-2-1-11(8-14(13)19)7-12-9-21-16(25-12)22-15(23)17(10-20)3-5-24-6-4-17/h1-2,8-9H,3-7,10,20H2,(H,21,22,23). The molecule has 1 aromatic carbocycles. The number of nitrogens with zero attached hydrogens (tertiary/aromatic N) is 1. The predicted molar refractivity (Wildman–Crippen MR) is 91.4 cm³/mol. The van der Waals surface area contributed by atoms with Crippen molar-refractivity contribution in [1.29, 1.82) is 0 Å². The zero-order chi connectivity index (χ0) is 17.9. The molecule has 2 heterocycles. The highest BCUT2D eigenvalue weighted by Gasteiger charge is 2.39. The summed E-state index contributed by atoms with van der Waals surface area (Å²) in [7, 11) is 0. The third-order valence-corrected chi connectivity index (χ3v) is 5.37. The molecular formula is C17H19F2N3O2S. The number of nitrogens with two attached hydrogens (primary N) is 1. The smallest absolute Gasteiger partial charge is 0.233 e. The Labute approximate surface area is 148 Å². The van der Waals surface area contributed by atoms with E-state index in [1.54, 1.807) is 6.20 Å². The molecule has 1 aliphatic heterocycles. The monoisotopic (exact) mass is 367 g/mol. The van der Waals surface area contributed by atoms with Crippen LogP contribution in [0.25, 0.3) is 0 Å². The first-order chi connectivity index (χ1) is 12.0. The fourth-order valence-electron chi connectivity index (χ4n) is 2.81. The van der Waals surface area contributed by atoms with E-state index in [0.717, 1.165) is 10.9 Å². The van der Waals surface area contributed by atoms with Gasteiger partial charge in [-0.3, -0.25) is 4.79 Å². The van der Waals surface area contributed by atoms with Crippen molar-refractivity contribution in [3.05, 3.63) is 46.5 Å². The van der Waals surface area contributed by atoms with Gasteiger partial charge in [-0.05, 0) is 30.5 Å². The molecule has 0 atom stereocenters. The van der Waals surface area contributed by atoms with Gasteiger partial charge < -0.3 is 15.8 Å². The van der Waals surface area contributed by atoms with E-state index in [-0.39, 0.29) is 12.5 Å². The van der Waals surface area contributed by atoms with Crippen LogP contribution in [0.2, 0.25) is 0 Å². The second-order valence-corrected chi connectivity index (χ2v) is 7.22. The van der Waals surface area contributed by atoms with Crippen molar-refractivity contribution < 1.29 is 18.3 Å². The summed E-state index contributed by atoms with van der Waals surface area (Å²) in [4.78, 5) is 17.6. The maximum atomic E-state index is 13.3. The van der Waals surface area contributed by atoms with Gasteiger partial charge in [-0.1, -0.05) is 6.07 Å². The number of nitrogens with one attached hydrogen (secondary N) is 1. The Kier molecular flexibility index (Phi) is 5.41. The van der Waals surface area contributed by atoms with E-state index in [9.17, 15) is 13.6 Å². The number of anilines is 1. The molecule has 25 heavy (non-hydrogen) atoms. The molecule has 8 heteroatoms. The quantitative estimate of drug-likeness (QED) is 0.852. The molecule has 134 valence electrons. The van der Waals surface area contributed by atoms with Gasteiger partial charge in [-0.15, -0.1) is 11.3 Å². The largest absolute Gasteiger partial charge is 0.381 e. The zero-order valence-electron chi connectivity index (χ0n) is 13.6. The normalized spacial score (nSPS) is 16.6. The Bertz CT molecular complexity index is 760. The summed E-state index contributed by atoms with van der Waals surface area (Å²) in [6.07, 6.45) is 3.21. The fourth-order valence-corrected chi connectivity index (χ4v) is 3.66. The molecule has 0 bridgehead atoms. The molecule has 0 saturated carbocycles. The van der Waals surface area contributed by atoms with Crippen LogP contribution in [0.1, 0.15) is 23.3 Å². The molecule has 3 rings (SSSR count). The van der Waals surface area contributed by atoms with Gasteiger partial charge in [-0.25, -0.2) is 13.8 Å². The number of carbonyl (C=O) groups is 1. The Balaban J connectivity index is 1.66. The van der Waals surface area contributed by atoms with Gasteiger partial charge in [0.05, 0.1) is 5.41 Å². The van der Waals surface area contributed by atoms with Crippen LogP contribution in [0.4, 0.5) is 13.9 Å². The van der Waals surface area contributed by atoms with Gasteiger partial charge in [0.25, 0.3) is 0 Å². The Morgan fingerprint density at radius 3 is 2.76 bits per heavy atom. The highest BCUT2D eigenvalue weighted by Crippen LogP contribution is 2.32. The first-order valence-corrected chi connectivity index (χ1v) is 8.82. The lowest BCUT2D eigenvalue weighted by Gasteiger charge is -2.34. The number of aromatic nitrogens is 1. The molecule has 0 aliphatic carbocycles. The molecule has 1 fully saturated rings. The van der Waals surface area contributed by atoms with E-state index >= 15 is 0 Å². The summed E-state index contributed by atoms with van der Waals surface area (Å²) >= 11 is 1.31. The van der Waals surface area contributed by atoms with Crippen LogP contribution in [0.15, 0.2) is 24.4 Å². The lowest BCUT2D eigenvalue weighted by Crippen LogP contribution is -2.46. The van der Waals surface area contributed by atoms with Gasteiger partial charge in [0.2, 0.25) is 5.91 Å². The number of benzene rings is 1. The summed E-state index contributed by atoms with van der Waals surface area (Å²) in [5.74, 6) is -1.89. The fraction of sp³-hybridized carbons (Fsp3) is 0.412. The van der Waals surface area contributed by atoms with Crippen LogP contribution in [-0.4, -0.2) is 30.6 Å². The van der Waals surface area contributed by atoms with Crippen LogP contribution in [0.5, 0.6) is 0 Å². The first-order valence-electron chi connectivity index (χ1n) is 8.00. The van der Waals surface area contributed by atoms with Crippen molar-refractivity contribution in [2.45, 2.75) is 19.3 Å². The SMILES string of the molecule is NCC1(C(=O)Nc2ncc(Cc3ccc(F)c(F)c3)s2)CCOCC1. The van der Waals surface area contributed by atoms with Gasteiger partial charge >= 0.3 is 0 Å². The minimum Gasteiger partial charge on any atom is -0.381 e. The maximum Gasteiger partial charge on any atom is 0.233 e. The van der Waals surface area contributed by atoms with Crippen molar-refractivity contribution >= 4 is 22.4 Å². The predicted octanol–water partition coefficient (Wildman–Crippen LogP) is 2.71. The number of amides is 1. The molecule has 2 aromatic rings. The molecule has 1 amide bonds. The maximum absolute atomic E-state index is 13.3. The zero-order valence-corrected chi connectivity index (χ0v) is 14.4. The third-order valence-electron chi connectivity index (χ3n) is 4.46. The van der Waals surface area contributed by atoms with Crippen LogP contribution in [0.3, 0.4) is 0 Å². The average molecular weight is 367 g/mol. The average Bonchev–Trinajstić information content (AvgIpc) is 3.05. The first kappa shape index (κ1) is 17.9. The molecule has 1 saturated heterocycles. The van der Waals surface area contributed by atoms with Crippen LogP contribution in [-0.2, 0) is 16.0 Å². The highest BCUT2D eigenvalue weighted by atomic mass is 32.1. The summed E-state index contributed by atoms with van der Waals surface area (Å²) < 4.78 is 31.6. The van der Waals surface area contributed by atoms with Crippen LogP contribution < -0.4 is 11.1 Å². The second kappa shape index (κ2) is 7.55. The third kappa shape index (κ3) is 4.02. The number of hydrogen-bond donors (Lipinski definition) is 2. The number of ether oxygens (including phenoxy) is 1. The number of thiazole rings is 1. The van der Waals surface area contributed by atoms with Crippen LogP contribution >= 0.6 is 11.3 Å². The Morgan fingerprint density at radius 2 is 2.08 bits per heavy atom. The summed E-state index contributed by atoms with van der Waals surface area (Å²) in [5, 5.41) is 3.30. The second-order valence-electron chi connectivity index (χ2n) is 6.11. The summed E-state index contributed by atoms with van der Waals surface area (Å²) in [6.45, 7) is 1.29.